The lowest BCUT2D eigenvalue weighted by molar-refractivity contribution is -0.950. The Bertz CT molecular complexity index is 1010. The SMILES string of the molecule is [2H]C1([2H])C23c4c5ccc(O)c4OC2C(=O)CC[C@]3(O)C(C5)[N+](C)(CC2CC2)C1([2H])[2H]. The summed E-state index contributed by atoms with van der Waals surface area (Å²) in [5, 5.41) is 22.8. The van der Waals surface area contributed by atoms with Gasteiger partial charge in [0.05, 0.1) is 28.2 Å². The molecule has 1 aromatic rings. The minimum absolute atomic E-state index is 0.0302. The number of ether oxygens (including phenoxy) is 1. The van der Waals surface area contributed by atoms with Crippen molar-refractivity contribution in [3.8, 4) is 11.5 Å². The second-order valence-electron chi connectivity index (χ2n) is 8.99. The monoisotopic (exact) mass is 360 g/mol. The van der Waals surface area contributed by atoms with Crippen molar-refractivity contribution >= 4 is 5.78 Å². The summed E-state index contributed by atoms with van der Waals surface area (Å²) >= 11 is 0. The van der Waals surface area contributed by atoms with Crippen molar-refractivity contribution in [2.24, 2.45) is 5.92 Å². The average molecular weight is 360 g/mol. The van der Waals surface area contributed by atoms with E-state index in [0.29, 0.717) is 24.4 Å². The zero-order chi connectivity index (χ0) is 21.5. The lowest BCUT2D eigenvalue weighted by atomic mass is 9.48. The summed E-state index contributed by atoms with van der Waals surface area (Å²) < 4.78 is 42.3. The highest BCUT2D eigenvalue weighted by atomic mass is 16.5. The number of aliphatic hydroxyl groups is 1. The second-order valence-corrected chi connectivity index (χ2v) is 8.99. The number of piperidine rings is 1. The van der Waals surface area contributed by atoms with E-state index < -0.39 is 36.0 Å². The molecule has 0 amide bonds. The van der Waals surface area contributed by atoms with Crippen LogP contribution in [0.4, 0.5) is 0 Å². The molecule has 1 aromatic carbocycles. The highest BCUT2D eigenvalue weighted by Crippen LogP contribution is 2.65. The summed E-state index contributed by atoms with van der Waals surface area (Å²) in [7, 11) is 1.74. The number of likely N-dealkylation sites (N-methyl/N-ethyl adjacent to an activating group) is 1. The lowest BCUT2D eigenvalue weighted by Gasteiger charge is -2.64. The van der Waals surface area contributed by atoms with Gasteiger partial charge < -0.3 is 19.4 Å². The van der Waals surface area contributed by atoms with E-state index in [9.17, 15) is 17.7 Å². The highest BCUT2D eigenvalue weighted by molar-refractivity contribution is 5.90. The number of Topliss-reactive ketones (excluding diaryl/α,β-unsaturated/α-hetero) is 1. The molecule has 1 saturated heterocycles. The van der Waals surface area contributed by atoms with E-state index in [1.807, 2.05) is 0 Å². The zero-order valence-electron chi connectivity index (χ0n) is 18.8. The molecular weight excluding hydrogens is 330 g/mol. The molecule has 0 aromatic heterocycles. The molecule has 26 heavy (non-hydrogen) atoms. The summed E-state index contributed by atoms with van der Waals surface area (Å²) in [5.74, 6) is -0.207. The van der Waals surface area contributed by atoms with Crippen LogP contribution in [0.5, 0.6) is 11.5 Å². The van der Waals surface area contributed by atoms with Crippen LogP contribution >= 0.6 is 0 Å². The molecule has 5 nitrogen and oxygen atoms in total. The van der Waals surface area contributed by atoms with Crippen molar-refractivity contribution in [1.82, 2.24) is 0 Å². The van der Waals surface area contributed by atoms with Crippen LogP contribution in [0.3, 0.4) is 0 Å². The lowest BCUT2D eigenvalue weighted by Crippen LogP contribution is -2.80. The first-order valence-electron chi connectivity index (χ1n) is 11.6. The first-order chi connectivity index (χ1) is 13.9. The molecule has 0 radical (unpaired) electrons. The Morgan fingerprint density at radius 2 is 2.23 bits per heavy atom. The van der Waals surface area contributed by atoms with Gasteiger partial charge in [-0.3, -0.25) is 4.79 Å². The second kappa shape index (κ2) is 4.45. The van der Waals surface area contributed by atoms with Gasteiger partial charge >= 0.3 is 0 Å². The minimum atomic E-state index is -2.61. The number of aromatic hydroxyl groups is 1. The van der Waals surface area contributed by atoms with Crippen molar-refractivity contribution in [2.75, 3.05) is 20.1 Å². The first-order valence-corrected chi connectivity index (χ1v) is 9.56. The number of benzene rings is 1. The van der Waals surface area contributed by atoms with Crippen LogP contribution in [0.1, 0.15) is 48.7 Å². The van der Waals surface area contributed by atoms with Gasteiger partial charge in [0, 0.05) is 33.4 Å². The van der Waals surface area contributed by atoms with Gasteiger partial charge in [0.1, 0.15) is 11.6 Å². The maximum atomic E-state index is 13.0. The number of hydrogen-bond acceptors (Lipinski definition) is 4. The fourth-order valence-corrected chi connectivity index (χ4v) is 6.08. The van der Waals surface area contributed by atoms with Crippen LogP contribution in [-0.4, -0.2) is 58.3 Å². The number of nitrogens with zero attached hydrogens (tertiary/aromatic N) is 1. The Morgan fingerprint density at radius 1 is 1.42 bits per heavy atom. The highest BCUT2D eigenvalue weighted by Gasteiger charge is 2.76. The summed E-state index contributed by atoms with van der Waals surface area (Å²) in [4.78, 5) is 13.0. The standard InChI is InChI=1S/C21H25NO4/c1-22(11-12-2-3-12)9-8-20-17-13-4-5-14(23)18(17)26-19(20)15(24)6-7-21(20,25)16(22)10-13/h4-5,12,16,19,25H,2-3,6-11H2,1H3/p+1/t16?,19?,20?,21-,22?/m0/s1/i8D2,9D2. The Kier molecular flexibility index (Phi) is 2.05. The molecule has 2 bridgehead atoms. The van der Waals surface area contributed by atoms with Crippen LogP contribution in [-0.2, 0) is 16.6 Å². The van der Waals surface area contributed by atoms with Crippen LogP contribution in [0.15, 0.2) is 12.1 Å². The smallest absolute Gasteiger partial charge is 0.174 e. The molecule has 1 spiro atoms. The molecule has 5 heteroatoms. The molecule has 2 heterocycles. The predicted molar refractivity (Wildman–Crippen MR) is 94.1 cm³/mol. The average Bonchev–Trinajstić information content (AvgIpc) is 3.39. The van der Waals surface area contributed by atoms with Crippen molar-refractivity contribution in [1.29, 1.82) is 0 Å². The third kappa shape index (κ3) is 1.55. The molecule has 138 valence electrons. The topological polar surface area (TPSA) is 66.8 Å². The Morgan fingerprint density at radius 3 is 3.00 bits per heavy atom. The van der Waals surface area contributed by atoms with E-state index >= 15 is 0 Å². The third-order valence-electron chi connectivity index (χ3n) is 7.47. The molecule has 2 saturated carbocycles. The van der Waals surface area contributed by atoms with Crippen molar-refractivity contribution in [2.45, 2.75) is 61.6 Å². The number of likely N-dealkylation sites (tertiary alicyclic amines) is 1. The van der Waals surface area contributed by atoms with E-state index in [2.05, 4.69) is 0 Å². The van der Waals surface area contributed by atoms with Gasteiger partial charge in [0.2, 0.25) is 0 Å². The van der Waals surface area contributed by atoms with Crippen LogP contribution in [0, 0.1) is 5.92 Å². The molecule has 3 aliphatic carbocycles. The number of carbonyl (C=O) groups is 1. The number of phenols is 1. The molecular formula is C21H26NO4+. The van der Waals surface area contributed by atoms with Crippen LogP contribution in [0.25, 0.3) is 0 Å². The van der Waals surface area contributed by atoms with Crippen molar-refractivity contribution in [3.05, 3.63) is 23.3 Å². The molecule has 2 N–H and O–H groups in total. The van der Waals surface area contributed by atoms with Crippen LogP contribution < -0.4 is 4.74 Å². The van der Waals surface area contributed by atoms with Gasteiger partial charge in [-0.2, -0.15) is 0 Å². The largest absolute Gasteiger partial charge is 0.504 e. The molecule has 3 fully saturated rings. The van der Waals surface area contributed by atoms with Gasteiger partial charge in [-0.25, -0.2) is 0 Å². The quantitative estimate of drug-likeness (QED) is 0.788. The van der Waals surface area contributed by atoms with E-state index in [1.54, 1.807) is 13.1 Å². The number of carbonyl (C=O) groups excluding carboxylic acids is 1. The number of phenolic OH excluding ortho intramolecular Hbond substituents is 1. The van der Waals surface area contributed by atoms with Crippen molar-refractivity contribution < 1.29 is 29.7 Å². The summed E-state index contributed by atoms with van der Waals surface area (Å²) in [5.41, 5.74) is -2.51. The van der Waals surface area contributed by atoms with Gasteiger partial charge in [0.15, 0.2) is 23.4 Å². The molecule has 5 atom stereocenters. The number of hydrogen-bond donors (Lipinski definition) is 2. The van der Waals surface area contributed by atoms with E-state index in [1.165, 1.54) is 6.07 Å². The number of rotatable bonds is 2. The normalized spacial score (nSPS) is 51.4. The third-order valence-corrected chi connectivity index (χ3v) is 7.47. The van der Waals surface area contributed by atoms with E-state index in [-0.39, 0.29) is 34.6 Å². The number of ketones is 1. The molecule has 6 rings (SSSR count). The zero-order valence-corrected chi connectivity index (χ0v) is 14.8. The maximum Gasteiger partial charge on any atom is 0.174 e. The summed E-state index contributed by atoms with van der Waals surface area (Å²) in [6.45, 7) is -1.91. The Balaban J connectivity index is 1.74. The number of quaternary nitrogens is 1. The predicted octanol–water partition coefficient (Wildman–Crippen LogP) is 1.67. The Hall–Kier alpha value is -1.59. The van der Waals surface area contributed by atoms with Gasteiger partial charge in [0.25, 0.3) is 0 Å². The summed E-state index contributed by atoms with van der Waals surface area (Å²) in [6.07, 6.45) is -1.51. The first kappa shape index (κ1) is 12.0. The fraction of sp³-hybridized carbons (Fsp3) is 0.667. The Labute approximate surface area is 158 Å². The van der Waals surface area contributed by atoms with Crippen molar-refractivity contribution in [3.63, 3.8) is 0 Å². The van der Waals surface area contributed by atoms with E-state index in [4.69, 9.17) is 7.48 Å². The van der Waals surface area contributed by atoms with Gasteiger partial charge in [-0.05, 0) is 30.9 Å². The van der Waals surface area contributed by atoms with E-state index in [0.717, 1.165) is 18.4 Å². The van der Waals surface area contributed by atoms with Gasteiger partial charge in [-0.15, -0.1) is 0 Å². The molecule has 2 aliphatic heterocycles. The fourth-order valence-electron chi connectivity index (χ4n) is 6.08. The molecule has 4 unspecified atom stereocenters. The maximum absolute atomic E-state index is 13.0. The van der Waals surface area contributed by atoms with Gasteiger partial charge in [-0.1, -0.05) is 6.07 Å². The van der Waals surface area contributed by atoms with Crippen LogP contribution in [0.2, 0.25) is 0 Å². The minimum Gasteiger partial charge on any atom is -0.504 e. The molecule has 5 aliphatic rings. The summed E-state index contributed by atoms with van der Waals surface area (Å²) in [6, 6.07) is 2.59.